The van der Waals surface area contributed by atoms with Crippen LogP contribution in [0.3, 0.4) is 0 Å². The summed E-state index contributed by atoms with van der Waals surface area (Å²) in [6.07, 6.45) is 0. The minimum absolute atomic E-state index is 0.0169. The molecule has 0 radical (unpaired) electrons. The standard InChI is InChI=1S/C24H15NO11S2/c26-24(27)22-23(37(28)13-2-4-16-18(6-13)34-10-32-16)14-7-19-20(36-11-35-19)8-21(14)38(29,30)25(22)12-1-3-15-17(5-12)33-9-31-15/h1-8H,9-11H2,(H,26,27). The zero-order chi connectivity index (χ0) is 26.2. The summed E-state index contributed by atoms with van der Waals surface area (Å²) in [4.78, 5) is 12.4. The van der Waals surface area contributed by atoms with Crippen LogP contribution in [0.1, 0.15) is 5.56 Å². The van der Waals surface area contributed by atoms with E-state index < -0.39 is 32.9 Å². The van der Waals surface area contributed by atoms with E-state index in [4.69, 9.17) is 28.4 Å². The van der Waals surface area contributed by atoms with Crippen LogP contribution in [-0.2, 0) is 26.0 Å². The molecular weight excluding hydrogens is 542 g/mol. The molecule has 0 spiro atoms. The fraction of sp³-hybridized carbons (Fsp3) is 0.125. The molecular formula is C24H15NO11S2. The zero-order valence-corrected chi connectivity index (χ0v) is 20.7. The normalized spacial score (nSPS) is 18.4. The van der Waals surface area contributed by atoms with Crippen LogP contribution in [0.15, 0.2) is 64.0 Å². The molecule has 12 nitrogen and oxygen atoms in total. The van der Waals surface area contributed by atoms with Crippen molar-refractivity contribution >= 4 is 37.8 Å². The second-order valence-corrected chi connectivity index (χ2v) is 11.4. The van der Waals surface area contributed by atoms with Crippen molar-refractivity contribution in [2.24, 2.45) is 0 Å². The van der Waals surface area contributed by atoms with E-state index in [1.165, 1.54) is 42.5 Å². The average molecular weight is 558 g/mol. The molecule has 0 fully saturated rings. The summed E-state index contributed by atoms with van der Waals surface area (Å²) in [6, 6.07) is 11.3. The number of hydrogen-bond donors (Lipinski definition) is 1. The lowest BCUT2D eigenvalue weighted by Crippen LogP contribution is -2.39. The molecule has 3 aromatic carbocycles. The van der Waals surface area contributed by atoms with Crippen molar-refractivity contribution in [2.75, 3.05) is 24.7 Å². The number of ether oxygens (including phenoxy) is 6. The van der Waals surface area contributed by atoms with Crippen molar-refractivity contribution in [2.45, 2.75) is 9.79 Å². The molecule has 14 heteroatoms. The molecule has 0 bridgehead atoms. The predicted octanol–water partition coefficient (Wildman–Crippen LogP) is 2.64. The third-order valence-electron chi connectivity index (χ3n) is 6.19. The van der Waals surface area contributed by atoms with Gasteiger partial charge in [0.15, 0.2) is 50.0 Å². The summed E-state index contributed by atoms with van der Waals surface area (Å²) < 4.78 is 74.9. The predicted molar refractivity (Wildman–Crippen MR) is 128 cm³/mol. The maximum Gasteiger partial charge on any atom is 0.358 e. The van der Waals surface area contributed by atoms with Crippen LogP contribution in [0.2, 0.25) is 0 Å². The second-order valence-electron chi connectivity index (χ2n) is 8.28. The van der Waals surface area contributed by atoms with Gasteiger partial charge in [-0.05, 0) is 30.3 Å². The summed E-state index contributed by atoms with van der Waals surface area (Å²) in [5, 5.41) is 10.4. The Morgan fingerprint density at radius 2 is 1.34 bits per heavy atom. The van der Waals surface area contributed by atoms with E-state index in [0.29, 0.717) is 21.6 Å². The Bertz CT molecular complexity index is 1680. The first-order valence-corrected chi connectivity index (χ1v) is 13.6. The van der Waals surface area contributed by atoms with E-state index in [-0.39, 0.29) is 63.6 Å². The lowest BCUT2D eigenvalue weighted by molar-refractivity contribution is -0.132. The molecule has 1 N–H and O–H groups in total. The summed E-state index contributed by atoms with van der Waals surface area (Å²) in [5.74, 6) is 0.115. The van der Waals surface area contributed by atoms with Gasteiger partial charge >= 0.3 is 5.97 Å². The Kier molecular flexibility index (Phi) is 4.89. The number of carbonyl (C=O) groups is 1. The van der Waals surface area contributed by atoms with Gasteiger partial charge in [0.2, 0.25) is 20.4 Å². The van der Waals surface area contributed by atoms with Gasteiger partial charge in [-0.25, -0.2) is 17.5 Å². The van der Waals surface area contributed by atoms with E-state index in [1.54, 1.807) is 6.07 Å². The maximum atomic E-state index is 14.1. The first-order valence-electron chi connectivity index (χ1n) is 11.0. The molecule has 0 aliphatic carbocycles. The molecule has 0 aromatic heterocycles. The van der Waals surface area contributed by atoms with Gasteiger partial charge in [-0.15, -0.1) is 0 Å². The Balaban J connectivity index is 1.50. The number of aliphatic carboxylic acids is 1. The second kappa shape index (κ2) is 8.11. The number of carboxylic acid groups (broad SMARTS) is 1. The molecule has 194 valence electrons. The maximum absolute atomic E-state index is 14.1. The number of hydrogen-bond acceptors (Lipinski definition) is 10. The number of nitrogens with zero attached hydrogens (tertiary/aromatic N) is 1. The summed E-state index contributed by atoms with van der Waals surface area (Å²) in [5.41, 5.74) is -0.846. The van der Waals surface area contributed by atoms with E-state index in [1.807, 2.05) is 0 Å². The van der Waals surface area contributed by atoms with Crippen LogP contribution in [0, 0.1) is 0 Å². The molecule has 1 atom stereocenters. The number of sulfonamides is 1. The van der Waals surface area contributed by atoms with Gasteiger partial charge in [0.25, 0.3) is 10.0 Å². The zero-order valence-electron chi connectivity index (χ0n) is 19.0. The summed E-state index contributed by atoms with van der Waals surface area (Å²) >= 11 is -2.19. The highest BCUT2D eigenvalue weighted by atomic mass is 32.2. The van der Waals surface area contributed by atoms with Gasteiger partial charge in [0, 0.05) is 29.4 Å². The first kappa shape index (κ1) is 22.9. The average Bonchev–Trinajstić information content (AvgIpc) is 3.66. The minimum atomic E-state index is -4.54. The highest BCUT2D eigenvalue weighted by Gasteiger charge is 2.47. The number of anilines is 1. The van der Waals surface area contributed by atoms with Crippen LogP contribution in [0.4, 0.5) is 5.69 Å². The van der Waals surface area contributed by atoms with Crippen LogP contribution in [0.25, 0.3) is 4.91 Å². The highest BCUT2D eigenvalue weighted by molar-refractivity contribution is 8.01. The minimum Gasteiger partial charge on any atom is -0.606 e. The van der Waals surface area contributed by atoms with Crippen molar-refractivity contribution < 1.29 is 51.3 Å². The highest BCUT2D eigenvalue weighted by Crippen LogP contribution is 2.50. The van der Waals surface area contributed by atoms with Gasteiger partial charge in [-0.2, -0.15) is 0 Å². The quantitative estimate of drug-likeness (QED) is 0.471. The van der Waals surface area contributed by atoms with E-state index in [2.05, 4.69) is 0 Å². The van der Waals surface area contributed by atoms with Crippen molar-refractivity contribution in [3.8, 4) is 34.5 Å². The third-order valence-corrected chi connectivity index (χ3v) is 9.43. The molecule has 0 amide bonds. The molecule has 4 aliphatic heterocycles. The Morgan fingerprint density at radius 3 is 2.00 bits per heavy atom. The monoisotopic (exact) mass is 557 g/mol. The summed E-state index contributed by atoms with van der Waals surface area (Å²) in [6.45, 7) is -0.240. The van der Waals surface area contributed by atoms with Gasteiger partial charge in [-0.1, -0.05) is 0 Å². The van der Waals surface area contributed by atoms with Gasteiger partial charge < -0.3 is 38.1 Å². The van der Waals surface area contributed by atoms with E-state index in [0.717, 1.165) is 0 Å². The Hall–Kier alpha value is -4.27. The topological polar surface area (TPSA) is 153 Å². The number of fused-ring (bicyclic) bond motifs is 4. The largest absolute Gasteiger partial charge is 0.606 e. The molecule has 7 rings (SSSR count). The fourth-order valence-electron chi connectivity index (χ4n) is 4.51. The first-order chi connectivity index (χ1) is 18.3. The van der Waals surface area contributed by atoms with Crippen molar-refractivity contribution in [3.63, 3.8) is 0 Å². The smallest absolute Gasteiger partial charge is 0.358 e. The SMILES string of the molecule is O=C(O)C1=C([S+]([O-])c2ccc3c(c2)OCO3)c2cc3c(cc2S(=O)(=O)N1c1ccc2c(c1)OCO2)OCO3. The van der Waals surface area contributed by atoms with Crippen LogP contribution in [-0.4, -0.2) is 44.4 Å². The fourth-order valence-corrected chi connectivity index (χ4v) is 7.69. The van der Waals surface area contributed by atoms with Gasteiger partial charge in [0.1, 0.15) is 4.90 Å². The lowest BCUT2D eigenvalue weighted by Gasteiger charge is -2.32. The molecule has 4 aliphatic rings. The van der Waals surface area contributed by atoms with Crippen molar-refractivity contribution in [1.82, 2.24) is 0 Å². The molecule has 3 aromatic rings. The number of rotatable bonds is 4. The van der Waals surface area contributed by atoms with Crippen molar-refractivity contribution in [1.29, 1.82) is 0 Å². The van der Waals surface area contributed by atoms with Gasteiger partial charge in [-0.3, -0.25) is 0 Å². The molecule has 1 unspecified atom stereocenters. The molecule has 38 heavy (non-hydrogen) atoms. The molecule has 0 saturated heterocycles. The Morgan fingerprint density at radius 1 is 0.789 bits per heavy atom. The molecule has 4 heterocycles. The number of benzene rings is 3. The Labute approximate surface area is 217 Å². The van der Waals surface area contributed by atoms with E-state index in [9.17, 15) is 22.9 Å². The summed E-state index contributed by atoms with van der Waals surface area (Å²) in [7, 11) is -4.54. The van der Waals surface area contributed by atoms with E-state index >= 15 is 0 Å². The number of carboxylic acids is 1. The van der Waals surface area contributed by atoms with Crippen molar-refractivity contribution in [3.05, 3.63) is 59.8 Å². The van der Waals surface area contributed by atoms with Crippen LogP contribution < -0.4 is 32.7 Å². The lowest BCUT2D eigenvalue weighted by atomic mass is 10.1. The molecule has 0 saturated carbocycles. The van der Waals surface area contributed by atoms with Crippen LogP contribution in [0.5, 0.6) is 34.5 Å². The third kappa shape index (κ3) is 3.27. The van der Waals surface area contributed by atoms with Gasteiger partial charge in [0.05, 0.1) is 11.3 Å². The van der Waals surface area contributed by atoms with Crippen LogP contribution >= 0.6 is 0 Å².